The van der Waals surface area contributed by atoms with Crippen LogP contribution >= 0.6 is 0 Å². The molecule has 0 saturated carbocycles. The van der Waals surface area contributed by atoms with Crippen LogP contribution in [-0.4, -0.2) is 34.0 Å². The van der Waals surface area contributed by atoms with Crippen molar-refractivity contribution in [2.45, 2.75) is 38.1 Å². The summed E-state index contributed by atoms with van der Waals surface area (Å²) in [5.74, 6) is -0.0110. The number of carbonyl (C=O) groups is 1. The molecule has 144 valence electrons. The van der Waals surface area contributed by atoms with Crippen molar-refractivity contribution in [3.63, 3.8) is 0 Å². The Hall–Kier alpha value is -2.38. The molecule has 1 atom stereocenters. The zero-order valence-corrected chi connectivity index (χ0v) is 16.8. The lowest BCUT2D eigenvalue weighted by atomic mass is 10.1. The normalized spacial score (nSPS) is 14.7. The van der Waals surface area contributed by atoms with E-state index in [0.29, 0.717) is 6.54 Å². The summed E-state index contributed by atoms with van der Waals surface area (Å²) in [7, 11) is -2.49. The van der Waals surface area contributed by atoms with Gasteiger partial charge >= 0.3 is 0 Å². The molecule has 0 radical (unpaired) electrons. The van der Waals surface area contributed by atoms with Gasteiger partial charge in [-0.25, -0.2) is 8.42 Å². The second-order valence-corrected chi connectivity index (χ2v) is 8.48. The number of hydrogen-bond acceptors (Lipinski definition) is 4. The number of ether oxygens (including phenoxy) is 1. The van der Waals surface area contributed by atoms with Crippen molar-refractivity contribution in [1.82, 2.24) is 4.72 Å². The Labute approximate surface area is 160 Å². The van der Waals surface area contributed by atoms with Crippen molar-refractivity contribution in [3.8, 4) is 5.75 Å². The van der Waals surface area contributed by atoms with Crippen LogP contribution in [0.4, 0.5) is 5.69 Å². The molecule has 2 aromatic carbocycles. The number of methoxy groups -OCH3 is 1. The van der Waals surface area contributed by atoms with Gasteiger partial charge in [0.05, 0.1) is 13.2 Å². The lowest BCUT2D eigenvalue weighted by Crippen LogP contribution is -2.46. The van der Waals surface area contributed by atoms with Crippen LogP contribution in [-0.2, 0) is 21.2 Å². The molecule has 6 nitrogen and oxygen atoms in total. The van der Waals surface area contributed by atoms with E-state index in [0.717, 1.165) is 28.8 Å². The first-order valence-corrected chi connectivity index (χ1v) is 10.3. The lowest BCUT2D eigenvalue weighted by Gasteiger charge is -2.23. The smallest absolute Gasteiger partial charge is 0.244 e. The number of rotatable bonds is 5. The molecule has 2 aromatic rings. The number of amides is 1. The van der Waals surface area contributed by atoms with Gasteiger partial charge in [0.1, 0.15) is 10.6 Å². The quantitative estimate of drug-likeness (QED) is 0.854. The number of sulfonamides is 1. The topological polar surface area (TPSA) is 75.7 Å². The summed E-state index contributed by atoms with van der Waals surface area (Å²) in [6.07, 6.45) is 0.770. The molecule has 1 amide bonds. The van der Waals surface area contributed by atoms with Gasteiger partial charge in [0, 0.05) is 12.2 Å². The van der Waals surface area contributed by atoms with Crippen LogP contribution in [0, 0.1) is 13.8 Å². The molecule has 0 unspecified atom stereocenters. The van der Waals surface area contributed by atoms with Gasteiger partial charge in [0.25, 0.3) is 0 Å². The van der Waals surface area contributed by atoms with Crippen LogP contribution in [0.1, 0.15) is 23.6 Å². The Bertz CT molecular complexity index is 985. The van der Waals surface area contributed by atoms with Crippen molar-refractivity contribution in [1.29, 1.82) is 0 Å². The molecule has 1 aliphatic heterocycles. The maximum Gasteiger partial charge on any atom is 0.244 e. The number of anilines is 1. The first-order valence-electron chi connectivity index (χ1n) is 8.81. The van der Waals surface area contributed by atoms with Crippen LogP contribution in [0.5, 0.6) is 5.75 Å². The summed E-state index contributed by atoms with van der Waals surface area (Å²) in [4.78, 5) is 14.5. The Morgan fingerprint density at radius 2 is 1.85 bits per heavy atom. The Morgan fingerprint density at radius 3 is 2.56 bits per heavy atom. The fraction of sp³-hybridized carbons (Fsp3) is 0.350. The predicted octanol–water partition coefficient (Wildman–Crippen LogP) is 2.57. The standard InChI is InChI=1S/C20H24N2O4S/c1-13-11-18(26-4)19(12-14(13)2)27(24,25)21-15(3)20(23)22-10-9-16-7-5-6-8-17(16)22/h5-8,11-12,15,21H,9-10H2,1-4H3/t15-/m0/s1. The zero-order chi connectivity index (χ0) is 19.8. The third-order valence-electron chi connectivity index (χ3n) is 4.93. The number of aryl methyl sites for hydroxylation is 2. The van der Waals surface area contributed by atoms with Gasteiger partial charge in [0.2, 0.25) is 15.9 Å². The third kappa shape index (κ3) is 3.70. The number of benzene rings is 2. The number of hydrogen-bond donors (Lipinski definition) is 1. The van der Waals surface area contributed by atoms with Gasteiger partial charge < -0.3 is 9.64 Å². The van der Waals surface area contributed by atoms with E-state index in [9.17, 15) is 13.2 Å². The monoisotopic (exact) mass is 388 g/mol. The molecule has 0 fully saturated rings. The number of fused-ring (bicyclic) bond motifs is 1. The molecule has 0 bridgehead atoms. The molecule has 0 spiro atoms. The minimum atomic E-state index is -3.92. The molecular formula is C20H24N2O4S. The number of nitrogens with zero attached hydrogens (tertiary/aromatic N) is 1. The maximum absolute atomic E-state index is 12.9. The first kappa shape index (κ1) is 19.4. The number of para-hydroxylation sites is 1. The van der Waals surface area contributed by atoms with Crippen LogP contribution in [0.15, 0.2) is 41.3 Å². The minimum Gasteiger partial charge on any atom is -0.495 e. The number of nitrogens with one attached hydrogen (secondary N) is 1. The van der Waals surface area contributed by atoms with Crippen molar-refractivity contribution >= 4 is 21.6 Å². The molecule has 1 N–H and O–H groups in total. The Balaban J connectivity index is 1.84. The Kier molecular flexibility index (Phi) is 5.26. The highest BCUT2D eigenvalue weighted by Crippen LogP contribution is 2.29. The van der Waals surface area contributed by atoms with E-state index in [1.807, 2.05) is 38.1 Å². The highest BCUT2D eigenvalue weighted by atomic mass is 32.2. The highest BCUT2D eigenvalue weighted by molar-refractivity contribution is 7.89. The Morgan fingerprint density at radius 1 is 1.19 bits per heavy atom. The summed E-state index contributed by atoms with van der Waals surface area (Å²) < 4.78 is 33.5. The average molecular weight is 388 g/mol. The fourth-order valence-electron chi connectivity index (χ4n) is 3.28. The van der Waals surface area contributed by atoms with Crippen molar-refractivity contribution in [3.05, 3.63) is 53.1 Å². The summed E-state index contributed by atoms with van der Waals surface area (Å²) >= 11 is 0. The molecule has 0 aliphatic carbocycles. The average Bonchev–Trinajstić information content (AvgIpc) is 3.06. The third-order valence-corrected chi connectivity index (χ3v) is 6.49. The van der Waals surface area contributed by atoms with Gasteiger partial charge in [-0.3, -0.25) is 4.79 Å². The molecule has 27 heavy (non-hydrogen) atoms. The van der Waals surface area contributed by atoms with Crippen LogP contribution < -0.4 is 14.4 Å². The fourth-order valence-corrected chi connectivity index (χ4v) is 4.71. The highest BCUT2D eigenvalue weighted by Gasteiger charge is 2.31. The SMILES string of the molecule is COc1cc(C)c(C)cc1S(=O)(=O)N[C@@H](C)C(=O)N1CCc2ccccc21. The van der Waals surface area contributed by atoms with E-state index in [2.05, 4.69) is 4.72 Å². The molecule has 0 aromatic heterocycles. The van der Waals surface area contributed by atoms with Gasteiger partial charge in [-0.1, -0.05) is 18.2 Å². The largest absolute Gasteiger partial charge is 0.495 e. The van der Waals surface area contributed by atoms with Crippen LogP contribution in [0.2, 0.25) is 0 Å². The van der Waals surface area contributed by atoms with E-state index < -0.39 is 16.1 Å². The molecule has 3 rings (SSSR count). The van der Waals surface area contributed by atoms with Gasteiger partial charge in [0.15, 0.2) is 0 Å². The van der Waals surface area contributed by atoms with Crippen molar-refractivity contribution in [2.75, 3.05) is 18.6 Å². The maximum atomic E-state index is 12.9. The van der Waals surface area contributed by atoms with Crippen LogP contribution in [0.25, 0.3) is 0 Å². The van der Waals surface area contributed by atoms with E-state index in [1.54, 1.807) is 24.0 Å². The first-order chi connectivity index (χ1) is 12.7. The summed E-state index contributed by atoms with van der Waals surface area (Å²) in [5.41, 5.74) is 3.71. The van der Waals surface area contributed by atoms with Crippen molar-refractivity contribution < 1.29 is 17.9 Å². The molecule has 1 aliphatic rings. The van der Waals surface area contributed by atoms with E-state index in [1.165, 1.54) is 7.11 Å². The van der Waals surface area contributed by atoms with Gasteiger partial charge in [-0.2, -0.15) is 4.72 Å². The second kappa shape index (κ2) is 7.32. The van der Waals surface area contributed by atoms with Crippen molar-refractivity contribution in [2.24, 2.45) is 0 Å². The summed E-state index contributed by atoms with van der Waals surface area (Å²) in [6.45, 7) is 5.84. The van der Waals surface area contributed by atoms with Gasteiger partial charge in [-0.05, 0) is 62.1 Å². The van der Waals surface area contributed by atoms with E-state index in [4.69, 9.17) is 4.74 Å². The van der Waals surface area contributed by atoms with Gasteiger partial charge in [-0.15, -0.1) is 0 Å². The molecular weight excluding hydrogens is 364 g/mol. The molecule has 1 heterocycles. The van der Waals surface area contributed by atoms with E-state index >= 15 is 0 Å². The second-order valence-electron chi connectivity index (χ2n) is 6.80. The predicted molar refractivity (Wildman–Crippen MR) is 105 cm³/mol. The lowest BCUT2D eigenvalue weighted by molar-refractivity contribution is -0.119. The summed E-state index contributed by atoms with van der Waals surface area (Å²) in [5, 5.41) is 0. The van der Waals surface area contributed by atoms with Crippen LogP contribution in [0.3, 0.4) is 0 Å². The summed E-state index contributed by atoms with van der Waals surface area (Å²) in [6, 6.07) is 10.0. The molecule has 7 heteroatoms. The van der Waals surface area contributed by atoms with E-state index in [-0.39, 0.29) is 16.6 Å². The minimum absolute atomic E-state index is 0.0366. The zero-order valence-electron chi connectivity index (χ0n) is 15.9. The molecule has 0 saturated heterocycles. The number of carbonyl (C=O) groups excluding carboxylic acids is 1.